The van der Waals surface area contributed by atoms with Crippen LogP contribution in [0.4, 0.5) is 8.78 Å². The molecule has 6 N–H and O–H groups in total. The molecule has 0 bridgehead atoms. The molecule has 3 rings (SSSR count). The molecule has 1 amide bonds. The SMILES string of the molecule is NSC1(CCCOc2cc(C(N)=O)cc3c(Br)c(C(F)(F)P(O)O)sc23)CC1. The molecule has 1 saturated carbocycles. The average molecular weight is 515 g/mol. The number of hydrogen-bond donors (Lipinski definition) is 4. The van der Waals surface area contributed by atoms with Gasteiger partial charge in [-0.05, 0) is 53.7 Å². The number of alkyl halides is 2. The Kier molecular flexibility index (Phi) is 6.56. The first-order chi connectivity index (χ1) is 13.1. The Hall–Kier alpha value is -0.550. The van der Waals surface area contributed by atoms with Crippen molar-refractivity contribution in [1.29, 1.82) is 0 Å². The Morgan fingerprint density at radius 2 is 2.11 bits per heavy atom. The topological polar surface area (TPSA) is 119 Å². The standard InChI is InChI=1S/C16H18BrF2N2O4PS2/c17-11-9-6-8(14(20)22)7-10(25-5-1-2-15(28-21)3-4-15)12(9)27-13(11)16(18,19)26(23)24/h6-7,23-24H,1-5,21H2,(H2,20,22). The van der Waals surface area contributed by atoms with E-state index in [2.05, 4.69) is 15.9 Å². The number of rotatable bonds is 9. The van der Waals surface area contributed by atoms with Gasteiger partial charge in [0.2, 0.25) is 14.3 Å². The Labute approximate surface area is 177 Å². The summed E-state index contributed by atoms with van der Waals surface area (Å²) < 4.78 is 34.7. The number of primary amides is 1. The molecule has 1 aliphatic rings. The van der Waals surface area contributed by atoms with Crippen LogP contribution in [0.1, 0.15) is 40.9 Å². The van der Waals surface area contributed by atoms with Gasteiger partial charge in [-0.15, -0.1) is 11.3 Å². The van der Waals surface area contributed by atoms with Gasteiger partial charge in [0.05, 0.1) is 16.2 Å². The van der Waals surface area contributed by atoms with Crippen LogP contribution in [0.25, 0.3) is 10.1 Å². The minimum Gasteiger partial charge on any atom is -0.492 e. The maximum atomic E-state index is 14.2. The third-order valence-corrected chi connectivity index (χ3v) is 8.96. The Balaban J connectivity index is 1.92. The lowest BCUT2D eigenvalue weighted by Crippen LogP contribution is -2.12. The van der Waals surface area contributed by atoms with Crippen molar-refractivity contribution in [2.45, 2.75) is 36.1 Å². The number of hydrogen-bond acceptors (Lipinski definition) is 7. The number of fused-ring (bicyclic) bond motifs is 1. The van der Waals surface area contributed by atoms with Gasteiger partial charge in [0.15, 0.2) is 0 Å². The number of amides is 1. The summed E-state index contributed by atoms with van der Waals surface area (Å²) in [7, 11) is -3.52. The Bertz CT molecular complexity index is 908. The van der Waals surface area contributed by atoms with Gasteiger partial charge in [0.1, 0.15) is 5.75 Å². The van der Waals surface area contributed by atoms with E-state index in [1.54, 1.807) is 0 Å². The van der Waals surface area contributed by atoms with E-state index < -0.39 is 24.8 Å². The molecule has 28 heavy (non-hydrogen) atoms. The van der Waals surface area contributed by atoms with Crippen molar-refractivity contribution in [1.82, 2.24) is 0 Å². The molecule has 2 aromatic rings. The van der Waals surface area contributed by atoms with E-state index in [4.69, 9.17) is 25.4 Å². The fourth-order valence-corrected chi connectivity index (χ4v) is 6.20. The minimum atomic E-state index is -3.82. The maximum Gasteiger partial charge on any atom is 0.349 e. The quantitative estimate of drug-likeness (QED) is 0.223. The van der Waals surface area contributed by atoms with E-state index in [0.29, 0.717) is 28.0 Å². The molecule has 1 aromatic carbocycles. The zero-order chi connectivity index (χ0) is 20.7. The molecule has 6 nitrogen and oxygen atoms in total. The summed E-state index contributed by atoms with van der Waals surface area (Å²) in [6, 6.07) is 2.80. The van der Waals surface area contributed by atoms with Crippen LogP contribution >= 0.6 is 47.6 Å². The maximum absolute atomic E-state index is 14.2. The molecule has 0 saturated heterocycles. The van der Waals surface area contributed by atoms with Gasteiger partial charge in [0.25, 0.3) is 0 Å². The average Bonchev–Trinajstić information content (AvgIpc) is 3.34. The van der Waals surface area contributed by atoms with Gasteiger partial charge in [-0.25, -0.2) is 0 Å². The molecule has 1 aromatic heterocycles. The van der Waals surface area contributed by atoms with Gasteiger partial charge in [-0.3, -0.25) is 9.93 Å². The fourth-order valence-electron chi connectivity index (χ4n) is 2.82. The van der Waals surface area contributed by atoms with Crippen molar-refractivity contribution in [3.05, 3.63) is 27.0 Å². The molecule has 0 radical (unpaired) electrons. The van der Waals surface area contributed by atoms with E-state index in [1.807, 2.05) is 0 Å². The van der Waals surface area contributed by atoms with Crippen LogP contribution in [-0.4, -0.2) is 27.0 Å². The second kappa shape index (κ2) is 8.29. The molecule has 1 heterocycles. The number of nitrogens with two attached hydrogens (primary N) is 2. The van der Waals surface area contributed by atoms with Gasteiger partial charge in [-0.2, -0.15) is 8.78 Å². The smallest absolute Gasteiger partial charge is 0.349 e. The second-order valence-corrected chi connectivity index (χ2v) is 10.6. The van der Waals surface area contributed by atoms with Crippen LogP contribution in [0.15, 0.2) is 16.6 Å². The van der Waals surface area contributed by atoms with Gasteiger partial charge in [-0.1, -0.05) is 11.9 Å². The zero-order valence-corrected chi connectivity index (χ0v) is 18.6. The number of ether oxygens (including phenoxy) is 1. The lowest BCUT2D eigenvalue weighted by atomic mass is 10.1. The summed E-state index contributed by atoms with van der Waals surface area (Å²) in [6.07, 6.45) is 3.73. The van der Waals surface area contributed by atoms with Crippen molar-refractivity contribution >= 4 is 63.6 Å². The lowest BCUT2D eigenvalue weighted by molar-refractivity contribution is 0.0766. The van der Waals surface area contributed by atoms with Crippen molar-refractivity contribution in [3.63, 3.8) is 0 Å². The predicted molar refractivity (Wildman–Crippen MR) is 112 cm³/mol. The van der Waals surface area contributed by atoms with Crippen LogP contribution in [0.3, 0.4) is 0 Å². The normalized spacial score (nSPS) is 16.0. The molecular formula is C16H18BrF2N2O4PS2. The monoisotopic (exact) mass is 514 g/mol. The number of benzene rings is 1. The third kappa shape index (κ3) is 4.30. The largest absolute Gasteiger partial charge is 0.492 e. The summed E-state index contributed by atoms with van der Waals surface area (Å²) in [6.45, 7) is 0.327. The fraction of sp³-hybridized carbons (Fsp3) is 0.438. The zero-order valence-electron chi connectivity index (χ0n) is 14.5. The molecule has 1 fully saturated rings. The van der Waals surface area contributed by atoms with Gasteiger partial charge < -0.3 is 20.3 Å². The molecule has 0 aliphatic heterocycles. The molecular weight excluding hydrogens is 497 g/mol. The molecule has 154 valence electrons. The highest BCUT2D eigenvalue weighted by Crippen LogP contribution is 2.58. The number of carbonyl (C=O) groups is 1. The highest BCUT2D eigenvalue weighted by molar-refractivity contribution is 9.10. The highest BCUT2D eigenvalue weighted by Gasteiger charge is 2.45. The van der Waals surface area contributed by atoms with Crippen molar-refractivity contribution in [2.24, 2.45) is 10.9 Å². The van der Waals surface area contributed by atoms with Crippen LogP contribution in [0, 0.1) is 0 Å². The predicted octanol–water partition coefficient (Wildman–Crippen LogP) is 4.41. The Morgan fingerprint density at radius 1 is 1.43 bits per heavy atom. The summed E-state index contributed by atoms with van der Waals surface area (Å²) in [5.41, 5.74) is 1.65. The summed E-state index contributed by atoms with van der Waals surface area (Å²) >= 11 is 5.13. The second-order valence-electron chi connectivity index (χ2n) is 6.54. The third-order valence-electron chi connectivity index (χ3n) is 4.60. The van der Waals surface area contributed by atoms with E-state index in [0.717, 1.165) is 25.7 Å². The summed E-state index contributed by atoms with van der Waals surface area (Å²) in [5, 5.41) is 5.99. The van der Waals surface area contributed by atoms with E-state index >= 15 is 0 Å². The first-order valence-corrected chi connectivity index (χ1v) is 12.0. The van der Waals surface area contributed by atoms with Crippen molar-refractivity contribution in [3.8, 4) is 5.75 Å². The first kappa shape index (κ1) is 22.1. The summed E-state index contributed by atoms with van der Waals surface area (Å²) in [5.74, 6) is -0.467. The number of thiophene rings is 1. The molecule has 1 aliphatic carbocycles. The van der Waals surface area contributed by atoms with Crippen LogP contribution in [0.2, 0.25) is 0 Å². The van der Waals surface area contributed by atoms with Gasteiger partial charge in [0, 0.05) is 20.2 Å². The summed E-state index contributed by atoms with van der Waals surface area (Å²) in [4.78, 5) is 29.3. The molecule has 0 unspecified atom stereocenters. The molecule has 0 spiro atoms. The lowest BCUT2D eigenvalue weighted by Gasteiger charge is -2.15. The molecule has 0 atom stereocenters. The minimum absolute atomic E-state index is 0.0162. The Morgan fingerprint density at radius 3 is 2.64 bits per heavy atom. The van der Waals surface area contributed by atoms with E-state index in [9.17, 15) is 13.6 Å². The van der Waals surface area contributed by atoms with Crippen molar-refractivity contribution in [2.75, 3.05) is 6.61 Å². The van der Waals surface area contributed by atoms with Crippen molar-refractivity contribution < 1.29 is 28.1 Å². The first-order valence-electron chi connectivity index (χ1n) is 8.24. The van der Waals surface area contributed by atoms with Gasteiger partial charge >= 0.3 is 5.66 Å². The van der Waals surface area contributed by atoms with Crippen LogP contribution in [0.5, 0.6) is 5.75 Å². The number of carbonyl (C=O) groups excluding carboxylic acids is 1. The molecule has 12 heteroatoms. The van der Waals surface area contributed by atoms with E-state index in [1.165, 1.54) is 24.1 Å². The van der Waals surface area contributed by atoms with Crippen LogP contribution < -0.4 is 15.6 Å². The van der Waals surface area contributed by atoms with Crippen LogP contribution in [-0.2, 0) is 5.66 Å². The van der Waals surface area contributed by atoms with E-state index in [-0.39, 0.29) is 20.5 Å². The number of halogens is 3. The highest BCUT2D eigenvalue weighted by atomic mass is 79.9.